The van der Waals surface area contributed by atoms with Crippen molar-refractivity contribution in [3.05, 3.63) is 0 Å². The third-order valence-corrected chi connectivity index (χ3v) is 3.28. The van der Waals surface area contributed by atoms with Gasteiger partial charge < -0.3 is 9.64 Å². The molecule has 6 nitrogen and oxygen atoms in total. The molecule has 0 spiro atoms. The average Bonchev–Trinajstić information content (AvgIpc) is 2.40. The fourth-order valence-corrected chi connectivity index (χ4v) is 2.27. The van der Waals surface area contributed by atoms with Crippen LogP contribution in [-0.2, 0) is 14.3 Å². The van der Waals surface area contributed by atoms with E-state index in [-0.39, 0.29) is 17.9 Å². The Morgan fingerprint density at radius 3 is 2.72 bits per heavy atom. The summed E-state index contributed by atoms with van der Waals surface area (Å²) in [6, 6.07) is 0. The maximum Gasteiger partial charge on any atom is 0.270 e. The zero-order chi connectivity index (χ0) is 13.0. The molecule has 1 saturated heterocycles. The molecular formula is C12H19N3O3. The number of hydrogen-bond acceptors (Lipinski definition) is 4. The van der Waals surface area contributed by atoms with Crippen LogP contribution in [0.3, 0.4) is 0 Å². The maximum atomic E-state index is 12.1. The molecule has 0 aromatic rings. The van der Waals surface area contributed by atoms with E-state index in [1.807, 2.05) is 6.92 Å². The number of hydrazone groups is 1. The first-order valence-electron chi connectivity index (χ1n) is 6.47. The second-order valence-corrected chi connectivity index (χ2v) is 4.54. The lowest BCUT2D eigenvalue weighted by atomic mass is 10.1. The summed E-state index contributed by atoms with van der Waals surface area (Å²) in [4.78, 5) is 24.9. The Labute approximate surface area is 106 Å². The maximum absolute atomic E-state index is 12.1. The largest absolute Gasteiger partial charge is 0.378 e. The van der Waals surface area contributed by atoms with Crippen molar-refractivity contribution in [2.24, 2.45) is 5.10 Å². The van der Waals surface area contributed by atoms with Crippen LogP contribution in [0.5, 0.6) is 0 Å². The summed E-state index contributed by atoms with van der Waals surface area (Å²) in [5.74, 6) is -0.174. The number of amides is 2. The summed E-state index contributed by atoms with van der Waals surface area (Å²) in [6.07, 6.45) is 2.81. The second kappa shape index (κ2) is 5.95. The quantitative estimate of drug-likeness (QED) is 0.785. The van der Waals surface area contributed by atoms with Gasteiger partial charge in [-0.25, -0.2) is 5.43 Å². The Hall–Kier alpha value is -1.43. The summed E-state index contributed by atoms with van der Waals surface area (Å²) >= 11 is 0. The van der Waals surface area contributed by atoms with Crippen LogP contribution >= 0.6 is 0 Å². The van der Waals surface area contributed by atoms with Gasteiger partial charge in [-0.15, -0.1) is 0 Å². The zero-order valence-electron chi connectivity index (χ0n) is 10.6. The molecule has 0 aromatic heterocycles. The standard InChI is InChI=1S/C12H19N3O3/c1-2-18-9-5-7-15(8-6-9)12(17)10-3-4-11(16)14-13-10/h9H,2-8H2,1H3,(H,14,16). The predicted molar refractivity (Wildman–Crippen MR) is 66.0 cm³/mol. The molecule has 0 bridgehead atoms. The highest BCUT2D eigenvalue weighted by molar-refractivity contribution is 6.39. The van der Waals surface area contributed by atoms with Crippen LogP contribution in [0.1, 0.15) is 32.6 Å². The lowest BCUT2D eigenvalue weighted by Crippen LogP contribution is -2.45. The number of hydrogen-bond donors (Lipinski definition) is 1. The molecule has 100 valence electrons. The van der Waals surface area contributed by atoms with Crippen molar-refractivity contribution in [1.29, 1.82) is 0 Å². The highest BCUT2D eigenvalue weighted by Crippen LogP contribution is 2.15. The second-order valence-electron chi connectivity index (χ2n) is 4.54. The number of rotatable bonds is 3. The van der Waals surface area contributed by atoms with E-state index in [9.17, 15) is 9.59 Å². The van der Waals surface area contributed by atoms with Gasteiger partial charge >= 0.3 is 0 Å². The van der Waals surface area contributed by atoms with Gasteiger partial charge in [-0.05, 0) is 19.8 Å². The van der Waals surface area contributed by atoms with E-state index < -0.39 is 0 Å². The minimum atomic E-state index is -0.124. The van der Waals surface area contributed by atoms with Crippen molar-refractivity contribution < 1.29 is 14.3 Å². The molecule has 2 heterocycles. The predicted octanol–water partition coefficient (Wildman–Crippen LogP) is 0.280. The monoisotopic (exact) mass is 253 g/mol. The molecule has 1 fully saturated rings. The van der Waals surface area contributed by atoms with E-state index in [0.29, 0.717) is 31.6 Å². The Balaban J connectivity index is 1.86. The van der Waals surface area contributed by atoms with Gasteiger partial charge in [0.1, 0.15) is 5.71 Å². The molecule has 0 aromatic carbocycles. The van der Waals surface area contributed by atoms with Gasteiger partial charge in [-0.3, -0.25) is 9.59 Å². The third-order valence-electron chi connectivity index (χ3n) is 3.28. The molecule has 2 rings (SSSR count). The SMILES string of the molecule is CCOC1CCN(C(=O)C2=NNC(=O)CC2)CC1. The molecule has 0 radical (unpaired) electrons. The third kappa shape index (κ3) is 3.07. The first kappa shape index (κ1) is 13.0. The van der Waals surface area contributed by atoms with Crippen molar-refractivity contribution in [3.8, 4) is 0 Å². The smallest absolute Gasteiger partial charge is 0.270 e. The number of carbonyl (C=O) groups is 2. The van der Waals surface area contributed by atoms with Gasteiger partial charge in [-0.2, -0.15) is 5.10 Å². The van der Waals surface area contributed by atoms with Crippen molar-refractivity contribution in [2.45, 2.75) is 38.7 Å². The van der Waals surface area contributed by atoms with Crippen LogP contribution in [-0.4, -0.2) is 48.2 Å². The van der Waals surface area contributed by atoms with E-state index in [0.717, 1.165) is 19.4 Å². The fourth-order valence-electron chi connectivity index (χ4n) is 2.27. The zero-order valence-corrected chi connectivity index (χ0v) is 10.6. The summed E-state index contributed by atoms with van der Waals surface area (Å²) in [5.41, 5.74) is 2.82. The number of nitrogens with one attached hydrogen (secondary N) is 1. The van der Waals surface area contributed by atoms with Crippen LogP contribution in [0, 0.1) is 0 Å². The number of carbonyl (C=O) groups excluding carboxylic acids is 2. The number of ether oxygens (including phenoxy) is 1. The van der Waals surface area contributed by atoms with Crippen LogP contribution < -0.4 is 5.43 Å². The average molecular weight is 253 g/mol. The van der Waals surface area contributed by atoms with Gasteiger partial charge in [0.2, 0.25) is 5.91 Å². The summed E-state index contributed by atoms with van der Waals surface area (Å²) in [7, 11) is 0. The lowest BCUT2D eigenvalue weighted by Gasteiger charge is -2.32. The van der Waals surface area contributed by atoms with Crippen molar-refractivity contribution in [1.82, 2.24) is 10.3 Å². The molecule has 0 saturated carbocycles. The van der Waals surface area contributed by atoms with E-state index >= 15 is 0 Å². The summed E-state index contributed by atoms with van der Waals surface area (Å²) in [5, 5.41) is 3.84. The molecule has 6 heteroatoms. The lowest BCUT2D eigenvalue weighted by molar-refractivity contribution is -0.127. The molecule has 2 amide bonds. The first-order valence-corrected chi connectivity index (χ1v) is 6.47. The first-order chi connectivity index (χ1) is 8.70. The van der Waals surface area contributed by atoms with Crippen molar-refractivity contribution >= 4 is 17.5 Å². The van der Waals surface area contributed by atoms with E-state index in [1.54, 1.807) is 4.90 Å². The Bertz CT molecular complexity index is 360. The van der Waals surface area contributed by atoms with Gasteiger partial charge in [0.15, 0.2) is 0 Å². The molecule has 0 aliphatic carbocycles. The van der Waals surface area contributed by atoms with Crippen molar-refractivity contribution in [3.63, 3.8) is 0 Å². The van der Waals surface area contributed by atoms with Crippen LogP contribution in [0.4, 0.5) is 0 Å². The Morgan fingerprint density at radius 1 is 1.44 bits per heavy atom. The highest BCUT2D eigenvalue weighted by atomic mass is 16.5. The van der Waals surface area contributed by atoms with Gasteiger partial charge in [0.05, 0.1) is 6.10 Å². The van der Waals surface area contributed by atoms with E-state index in [4.69, 9.17) is 4.74 Å². The van der Waals surface area contributed by atoms with Crippen LogP contribution in [0.25, 0.3) is 0 Å². The van der Waals surface area contributed by atoms with E-state index in [1.165, 1.54) is 0 Å². The van der Waals surface area contributed by atoms with Crippen molar-refractivity contribution in [2.75, 3.05) is 19.7 Å². The normalized spacial score (nSPS) is 21.5. The minimum Gasteiger partial charge on any atom is -0.378 e. The number of likely N-dealkylation sites (tertiary alicyclic amines) is 1. The minimum absolute atomic E-state index is 0.0510. The number of nitrogens with zero attached hydrogens (tertiary/aromatic N) is 2. The van der Waals surface area contributed by atoms with Gasteiger partial charge in [0, 0.05) is 32.5 Å². The topological polar surface area (TPSA) is 71.0 Å². The molecule has 0 unspecified atom stereocenters. The Kier molecular flexibility index (Phi) is 4.30. The summed E-state index contributed by atoms with van der Waals surface area (Å²) in [6.45, 7) is 4.11. The number of piperidine rings is 1. The molecule has 2 aliphatic rings. The van der Waals surface area contributed by atoms with Crippen LogP contribution in [0.2, 0.25) is 0 Å². The van der Waals surface area contributed by atoms with Gasteiger partial charge in [0.25, 0.3) is 5.91 Å². The van der Waals surface area contributed by atoms with Gasteiger partial charge in [-0.1, -0.05) is 0 Å². The molecule has 1 N–H and O–H groups in total. The summed E-state index contributed by atoms with van der Waals surface area (Å²) < 4.78 is 5.55. The Morgan fingerprint density at radius 2 is 2.17 bits per heavy atom. The fraction of sp³-hybridized carbons (Fsp3) is 0.750. The molecule has 0 atom stereocenters. The van der Waals surface area contributed by atoms with E-state index in [2.05, 4.69) is 10.5 Å². The van der Waals surface area contributed by atoms with Crippen LogP contribution in [0.15, 0.2) is 5.10 Å². The molecule has 2 aliphatic heterocycles. The molecular weight excluding hydrogens is 234 g/mol. The highest BCUT2D eigenvalue weighted by Gasteiger charge is 2.27. The molecule has 18 heavy (non-hydrogen) atoms.